The monoisotopic (exact) mass is 170 g/mol. The van der Waals surface area contributed by atoms with Crippen molar-refractivity contribution in [3.05, 3.63) is 0 Å². The zero-order valence-electron chi connectivity index (χ0n) is 7.84. The van der Waals surface area contributed by atoms with E-state index in [0.717, 1.165) is 19.4 Å². The van der Waals surface area contributed by atoms with Gasteiger partial charge >= 0.3 is 0 Å². The molecule has 0 aromatic heterocycles. The fraction of sp³-hybridized carbons (Fsp3) is 0.889. The molecule has 1 heterocycles. The molecular weight excluding hydrogens is 152 g/mol. The Morgan fingerprint density at radius 3 is 2.67 bits per heavy atom. The molecule has 0 saturated carbocycles. The minimum absolute atomic E-state index is 0.0405. The molecule has 70 valence electrons. The molecular formula is C9H18N2O. The first-order valence-corrected chi connectivity index (χ1v) is 4.65. The first kappa shape index (κ1) is 9.52. The van der Waals surface area contributed by atoms with Gasteiger partial charge in [-0.25, -0.2) is 0 Å². The summed E-state index contributed by atoms with van der Waals surface area (Å²) >= 11 is 0. The number of piperidine rings is 1. The highest BCUT2D eigenvalue weighted by Crippen LogP contribution is 2.21. The molecule has 3 N–H and O–H groups in total. The van der Waals surface area contributed by atoms with E-state index in [1.54, 1.807) is 0 Å². The average Bonchev–Trinajstić information content (AvgIpc) is 2.04. The number of carbonyl (C=O) groups is 1. The summed E-state index contributed by atoms with van der Waals surface area (Å²) in [7, 11) is 0. The van der Waals surface area contributed by atoms with Gasteiger partial charge in [0.15, 0.2) is 0 Å². The highest BCUT2D eigenvalue weighted by atomic mass is 16.1. The topological polar surface area (TPSA) is 55.1 Å². The third kappa shape index (κ3) is 1.97. The Hall–Kier alpha value is -0.570. The van der Waals surface area contributed by atoms with Crippen LogP contribution in [0.4, 0.5) is 0 Å². The number of rotatable bonds is 2. The number of hydrogen-bond acceptors (Lipinski definition) is 2. The molecule has 1 fully saturated rings. The third-order valence-corrected chi connectivity index (χ3v) is 2.59. The summed E-state index contributed by atoms with van der Waals surface area (Å²) in [5, 5.41) is 3.35. The maximum atomic E-state index is 11.1. The van der Waals surface area contributed by atoms with Crippen LogP contribution in [0.25, 0.3) is 0 Å². The van der Waals surface area contributed by atoms with Crippen LogP contribution >= 0.6 is 0 Å². The standard InChI is InChI=1S/C9H18N2O/c1-6(2)8-7(9(10)12)4-3-5-11-8/h6-8,11H,3-5H2,1-2H3,(H2,10,12)/t7-,8+/m0/s1. The largest absolute Gasteiger partial charge is 0.369 e. The molecule has 1 aliphatic heterocycles. The smallest absolute Gasteiger partial charge is 0.222 e. The number of nitrogens with one attached hydrogen (secondary N) is 1. The van der Waals surface area contributed by atoms with Gasteiger partial charge in [-0.05, 0) is 25.3 Å². The first-order valence-electron chi connectivity index (χ1n) is 4.65. The molecule has 0 bridgehead atoms. The summed E-state index contributed by atoms with van der Waals surface area (Å²) < 4.78 is 0. The van der Waals surface area contributed by atoms with Crippen LogP contribution in [0, 0.1) is 11.8 Å². The van der Waals surface area contributed by atoms with E-state index in [1.807, 2.05) is 0 Å². The fourth-order valence-electron chi connectivity index (χ4n) is 1.93. The minimum atomic E-state index is -0.152. The van der Waals surface area contributed by atoms with Gasteiger partial charge in [-0.3, -0.25) is 4.79 Å². The van der Waals surface area contributed by atoms with Crippen molar-refractivity contribution < 1.29 is 4.79 Å². The van der Waals surface area contributed by atoms with Gasteiger partial charge in [-0.2, -0.15) is 0 Å². The van der Waals surface area contributed by atoms with Crippen molar-refractivity contribution in [1.82, 2.24) is 5.32 Å². The van der Waals surface area contributed by atoms with Crippen LogP contribution in [-0.2, 0) is 4.79 Å². The summed E-state index contributed by atoms with van der Waals surface area (Å²) in [6.45, 7) is 5.27. The number of nitrogens with two attached hydrogens (primary N) is 1. The molecule has 0 unspecified atom stereocenters. The van der Waals surface area contributed by atoms with Gasteiger partial charge in [0.25, 0.3) is 0 Å². The summed E-state index contributed by atoms with van der Waals surface area (Å²) in [4.78, 5) is 11.1. The summed E-state index contributed by atoms with van der Waals surface area (Å²) in [6, 6.07) is 0.288. The number of carbonyl (C=O) groups excluding carboxylic acids is 1. The Kier molecular flexibility index (Phi) is 3.09. The van der Waals surface area contributed by atoms with Crippen LogP contribution in [0.1, 0.15) is 26.7 Å². The highest BCUT2D eigenvalue weighted by Gasteiger charge is 2.30. The van der Waals surface area contributed by atoms with E-state index >= 15 is 0 Å². The average molecular weight is 170 g/mol. The zero-order chi connectivity index (χ0) is 9.14. The van der Waals surface area contributed by atoms with E-state index in [1.165, 1.54) is 0 Å². The number of hydrogen-bond donors (Lipinski definition) is 2. The molecule has 0 radical (unpaired) electrons. The maximum Gasteiger partial charge on any atom is 0.222 e. The lowest BCUT2D eigenvalue weighted by molar-refractivity contribution is -0.123. The van der Waals surface area contributed by atoms with Gasteiger partial charge in [0.05, 0.1) is 5.92 Å². The Labute approximate surface area is 73.7 Å². The Morgan fingerprint density at radius 2 is 2.25 bits per heavy atom. The Balaban J connectivity index is 2.60. The van der Waals surface area contributed by atoms with Crippen LogP contribution in [0.5, 0.6) is 0 Å². The van der Waals surface area contributed by atoms with E-state index in [0.29, 0.717) is 5.92 Å². The summed E-state index contributed by atoms with van der Waals surface area (Å²) in [5.41, 5.74) is 5.32. The fourth-order valence-corrected chi connectivity index (χ4v) is 1.93. The zero-order valence-corrected chi connectivity index (χ0v) is 7.84. The maximum absolute atomic E-state index is 11.1. The number of primary amides is 1. The van der Waals surface area contributed by atoms with Gasteiger partial charge < -0.3 is 11.1 Å². The number of amides is 1. The van der Waals surface area contributed by atoms with Crippen LogP contribution in [0.3, 0.4) is 0 Å². The Morgan fingerprint density at radius 1 is 1.58 bits per heavy atom. The molecule has 1 aliphatic rings. The molecule has 0 aromatic carbocycles. The van der Waals surface area contributed by atoms with E-state index in [-0.39, 0.29) is 17.9 Å². The van der Waals surface area contributed by atoms with Crippen LogP contribution < -0.4 is 11.1 Å². The highest BCUT2D eigenvalue weighted by molar-refractivity contribution is 5.77. The van der Waals surface area contributed by atoms with Crippen molar-refractivity contribution in [3.8, 4) is 0 Å². The lowest BCUT2D eigenvalue weighted by Crippen LogP contribution is -2.49. The molecule has 1 amide bonds. The minimum Gasteiger partial charge on any atom is -0.369 e. The normalized spacial score (nSPS) is 30.6. The van der Waals surface area contributed by atoms with Crippen molar-refractivity contribution in [2.75, 3.05) is 6.54 Å². The third-order valence-electron chi connectivity index (χ3n) is 2.59. The molecule has 0 aromatic rings. The van der Waals surface area contributed by atoms with Crippen LogP contribution in [-0.4, -0.2) is 18.5 Å². The Bertz CT molecular complexity index is 168. The van der Waals surface area contributed by atoms with E-state index in [2.05, 4.69) is 19.2 Å². The first-order chi connectivity index (χ1) is 5.63. The lowest BCUT2D eigenvalue weighted by atomic mass is 9.84. The summed E-state index contributed by atoms with van der Waals surface area (Å²) in [6.07, 6.45) is 2.02. The van der Waals surface area contributed by atoms with Crippen molar-refractivity contribution in [2.24, 2.45) is 17.6 Å². The predicted molar refractivity (Wildman–Crippen MR) is 48.5 cm³/mol. The van der Waals surface area contributed by atoms with Gasteiger partial charge in [-0.15, -0.1) is 0 Å². The van der Waals surface area contributed by atoms with Crippen LogP contribution in [0.15, 0.2) is 0 Å². The van der Waals surface area contributed by atoms with Crippen molar-refractivity contribution in [2.45, 2.75) is 32.7 Å². The molecule has 1 saturated heterocycles. The second-order valence-corrected chi connectivity index (χ2v) is 3.88. The second-order valence-electron chi connectivity index (χ2n) is 3.88. The van der Waals surface area contributed by atoms with Crippen molar-refractivity contribution in [1.29, 1.82) is 0 Å². The molecule has 12 heavy (non-hydrogen) atoms. The van der Waals surface area contributed by atoms with Gasteiger partial charge in [0.2, 0.25) is 5.91 Å². The molecule has 3 heteroatoms. The van der Waals surface area contributed by atoms with Crippen LogP contribution in [0.2, 0.25) is 0 Å². The SMILES string of the molecule is CC(C)[C@H]1NCCC[C@@H]1C(N)=O. The van der Waals surface area contributed by atoms with Gasteiger partial charge in [0, 0.05) is 6.04 Å². The molecule has 2 atom stereocenters. The lowest BCUT2D eigenvalue weighted by Gasteiger charge is -2.33. The van der Waals surface area contributed by atoms with Gasteiger partial charge in [0.1, 0.15) is 0 Å². The van der Waals surface area contributed by atoms with E-state index in [4.69, 9.17) is 5.73 Å². The molecule has 0 spiro atoms. The van der Waals surface area contributed by atoms with Gasteiger partial charge in [-0.1, -0.05) is 13.8 Å². The molecule has 1 rings (SSSR count). The van der Waals surface area contributed by atoms with E-state index < -0.39 is 0 Å². The molecule has 3 nitrogen and oxygen atoms in total. The predicted octanol–water partition coefficient (Wildman–Crippen LogP) is 0.496. The summed E-state index contributed by atoms with van der Waals surface area (Å²) in [5.74, 6) is 0.377. The second kappa shape index (κ2) is 3.90. The quantitative estimate of drug-likeness (QED) is 0.634. The van der Waals surface area contributed by atoms with E-state index in [9.17, 15) is 4.79 Å². The van der Waals surface area contributed by atoms with Crippen molar-refractivity contribution >= 4 is 5.91 Å². The van der Waals surface area contributed by atoms with Crippen molar-refractivity contribution in [3.63, 3.8) is 0 Å². The molecule has 0 aliphatic carbocycles.